The van der Waals surface area contributed by atoms with E-state index in [1.54, 1.807) is 23.1 Å². The molecule has 0 saturated carbocycles. The molecule has 1 aromatic carbocycles. The van der Waals surface area contributed by atoms with Gasteiger partial charge in [-0.15, -0.1) is 0 Å². The molecule has 1 atom stereocenters. The molecular formula is C23H22N4O5. The number of likely N-dealkylation sites (tertiary alicyclic amines) is 1. The van der Waals surface area contributed by atoms with Gasteiger partial charge in [0.25, 0.3) is 5.56 Å². The molecule has 32 heavy (non-hydrogen) atoms. The molecule has 164 valence electrons. The number of esters is 1. The number of aromatic amines is 1. The number of benzene rings is 1. The van der Waals surface area contributed by atoms with Crippen LogP contribution in [0.5, 0.6) is 0 Å². The summed E-state index contributed by atoms with van der Waals surface area (Å²) in [5.74, 6) is 0.160. The van der Waals surface area contributed by atoms with Crippen LogP contribution >= 0.6 is 0 Å². The number of H-pyrrole nitrogens is 1. The number of amides is 1. The number of cyclic esters (lactones) is 1. The maximum absolute atomic E-state index is 12.9. The molecule has 4 heterocycles. The Hall–Kier alpha value is -3.75. The van der Waals surface area contributed by atoms with Crippen molar-refractivity contribution in [2.45, 2.75) is 38.2 Å². The van der Waals surface area contributed by atoms with Crippen LogP contribution in [0, 0.1) is 6.92 Å². The van der Waals surface area contributed by atoms with Crippen molar-refractivity contribution in [1.29, 1.82) is 0 Å². The lowest BCUT2D eigenvalue weighted by molar-refractivity contribution is -0.134. The molecule has 9 heteroatoms. The second-order valence-electron chi connectivity index (χ2n) is 8.20. The number of piperidine rings is 1. The molecule has 1 fully saturated rings. The highest BCUT2D eigenvalue weighted by Gasteiger charge is 2.34. The first-order valence-corrected chi connectivity index (χ1v) is 10.6. The first-order valence-electron chi connectivity index (χ1n) is 10.6. The fourth-order valence-electron chi connectivity index (χ4n) is 4.47. The van der Waals surface area contributed by atoms with E-state index in [2.05, 4.69) is 15.4 Å². The number of nitrogens with zero attached hydrogens (tertiary/aromatic N) is 3. The van der Waals surface area contributed by atoms with Gasteiger partial charge in [0.1, 0.15) is 6.10 Å². The first-order chi connectivity index (χ1) is 15.5. The summed E-state index contributed by atoms with van der Waals surface area (Å²) in [5.41, 5.74) is 3.09. The zero-order valence-electron chi connectivity index (χ0n) is 17.5. The van der Waals surface area contributed by atoms with E-state index in [4.69, 9.17) is 9.26 Å². The Kier molecular flexibility index (Phi) is 5.08. The average molecular weight is 434 g/mol. The van der Waals surface area contributed by atoms with Crippen molar-refractivity contribution in [2.75, 3.05) is 13.1 Å². The van der Waals surface area contributed by atoms with Crippen molar-refractivity contribution in [3.8, 4) is 11.3 Å². The summed E-state index contributed by atoms with van der Waals surface area (Å²) in [5, 5.41) is 10.7. The third kappa shape index (κ3) is 3.70. The van der Waals surface area contributed by atoms with E-state index in [0.717, 1.165) is 17.0 Å². The molecule has 0 radical (unpaired) electrons. The topological polar surface area (TPSA) is 118 Å². The normalized spacial score (nSPS) is 18.5. The molecule has 1 unspecified atom stereocenters. The Labute approximate surface area is 183 Å². The molecule has 1 amide bonds. The summed E-state index contributed by atoms with van der Waals surface area (Å²) in [6, 6.07) is 10.4. The third-order valence-corrected chi connectivity index (χ3v) is 6.10. The number of aromatic nitrogens is 3. The van der Waals surface area contributed by atoms with Crippen LogP contribution in [0.1, 0.15) is 58.6 Å². The Morgan fingerprint density at radius 3 is 2.69 bits per heavy atom. The minimum Gasteiger partial charge on any atom is -0.453 e. The Balaban J connectivity index is 1.27. The van der Waals surface area contributed by atoms with Crippen molar-refractivity contribution in [3.05, 3.63) is 69.3 Å². The lowest BCUT2D eigenvalue weighted by atomic mass is 9.89. The predicted molar refractivity (Wildman–Crippen MR) is 113 cm³/mol. The Bertz CT molecular complexity index is 1240. The highest BCUT2D eigenvalue weighted by molar-refractivity contribution is 5.94. The van der Waals surface area contributed by atoms with Crippen LogP contribution < -0.4 is 5.56 Å². The van der Waals surface area contributed by atoms with Gasteiger partial charge in [-0.2, -0.15) is 5.10 Å². The van der Waals surface area contributed by atoms with Gasteiger partial charge in [0.05, 0.1) is 23.4 Å². The van der Waals surface area contributed by atoms with E-state index >= 15 is 0 Å². The van der Waals surface area contributed by atoms with Crippen LogP contribution in [-0.4, -0.2) is 45.2 Å². The minimum atomic E-state index is -0.536. The maximum Gasteiger partial charge on any atom is 0.339 e. The number of nitrogens with one attached hydrogen (secondary N) is 1. The highest BCUT2D eigenvalue weighted by Crippen LogP contribution is 2.36. The van der Waals surface area contributed by atoms with Gasteiger partial charge in [-0.1, -0.05) is 23.4 Å². The van der Waals surface area contributed by atoms with E-state index in [1.807, 2.05) is 19.1 Å². The van der Waals surface area contributed by atoms with Crippen LogP contribution in [0.15, 0.2) is 45.7 Å². The van der Waals surface area contributed by atoms with Crippen molar-refractivity contribution in [3.63, 3.8) is 0 Å². The average Bonchev–Trinajstić information content (AvgIpc) is 3.37. The van der Waals surface area contributed by atoms with Gasteiger partial charge in [0.15, 0.2) is 5.76 Å². The zero-order chi connectivity index (χ0) is 22.2. The molecule has 9 nitrogen and oxygen atoms in total. The number of rotatable bonds is 4. The van der Waals surface area contributed by atoms with Gasteiger partial charge in [0, 0.05) is 42.3 Å². The number of aryl methyl sites for hydroxylation is 1. The van der Waals surface area contributed by atoms with Crippen LogP contribution in [0.3, 0.4) is 0 Å². The molecule has 1 saturated heterocycles. The Morgan fingerprint density at radius 1 is 1.16 bits per heavy atom. The molecule has 2 aliphatic heterocycles. The van der Waals surface area contributed by atoms with Gasteiger partial charge in [-0.3, -0.25) is 9.59 Å². The number of carbonyl (C=O) groups is 2. The van der Waals surface area contributed by atoms with Gasteiger partial charge < -0.3 is 14.2 Å². The van der Waals surface area contributed by atoms with E-state index in [1.165, 1.54) is 6.07 Å². The van der Waals surface area contributed by atoms with Crippen LogP contribution in [-0.2, 0) is 9.53 Å². The molecule has 2 aromatic heterocycles. The summed E-state index contributed by atoms with van der Waals surface area (Å²) >= 11 is 0. The SMILES string of the molecule is Cc1cc(-c2cc(=O)[nH]nc2C2CCN(C(=O)CC3OC(=O)c4ccccc43)CC2)on1. The molecular weight excluding hydrogens is 412 g/mol. The minimum absolute atomic E-state index is 0.0431. The van der Waals surface area contributed by atoms with Gasteiger partial charge in [-0.05, 0) is 25.8 Å². The largest absolute Gasteiger partial charge is 0.453 e. The van der Waals surface area contributed by atoms with Crippen molar-refractivity contribution in [1.82, 2.24) is 20.3 Å². The fourth-order valence-corrected chi connectivity index (χ4v) is 4.47. The summed E-state index contributed by atoms with van der Waals surface area (Å²) < 4.78 is 10.8. The summed E-state index contributed by atoms with van der Waals surface area (Å²) in [6.45, 7) is 2.93. The Morgan fingerprint density at radius 2 is 1.94 bits per heavy atom. The van der Waals surface area contributed by atoms with Gasteiger partial charge in [-0.25, -0.2) is 9.89 Å². The van der Waals surface area contributed by atoms with Crippen LogP contribution in [0.25, 0.3) is 11.3 Å². The molecule has 3 aromatic rings. The zero-order valence-corrected chi connectivity index (χ0v) is 17.5. The van der Waals surface area contributed by atoms with E-state index in [0.29, 0.717) is 42.8 Å². The van der Waals surface area contributed by atoms with E-state index in [9.17, 15) is 14.4 Å². The second-order valence-corrected chi connectivity index (χ2v) is 8.20. The van der Waals surface area contributed by atoms with Gasteiger partial charge in [0.2, 0.25) is 5.91 Å². The lowest BCUT2D eigenvalue weighted by Gasteiger charge is -2.32. The van der Waals surface area contributed by atoms with Crippen LogP contribution in [0.2, 0.25) is 0 Å². The first kappa shape index (κ1) is 20.2. The molecule has 0 aliphatic carbocycles. The maximum atomic E-state index is 12.9. The molecule has 2 aliphatic rings. The highest BCUT2D eigenvalue weighted by atomic mass is 16.5. The second kappa shape index (κ2) is 8.07. The summed E-state index contributed by atoms with van der Waals surface area (Å²) in [4.78, 5) is 38.6. The monoisotopic (exact) mass is 434 g/mol. The molecule has 1 N–H and O–H groups in total. The third-order valence-electron chi connectivity index (χ3n) is 6.10. The van der Waals surface area contributed by atoms with E-state index < -0.39 is 6.10 Å². The smallest absolute Gasteiger partial charge is 0.339 e. The molecule has 0 spiro atoms. The van der Waals surface area contributed by atoms with Crippen molar-refractivity contribution < 1.29 is 18.8 Å². The number of hydrogen-bond donors (Lipinski definition) is 1. The van der Waals surface area contributed by atoms with Crippen LogP contribution in [0.4, 0.5) is 0 Å². The molecule has 0 bridgehead atoms. The summed E-state index contributed by atoms with van der Waals surface area (Å²) in [6.07, 6.45) is 0.997. The number of fused-ring (bicyclic) bond motifs is 1. The standard InChI is InChI=1S/C23H22N4O5/c1-13-10-19(32-26-13)17-11-20(28)24-25-22(17)14-6-8-27(9-7-14)21(29)12-18-15-4-2-3-5-16(15)23(30)31-18/h2-5,10-11,14,18H,6-9,12H2,1H3,(H,24,28). The predicted octanol–water partition coefficient (Wildman–Crippen LogP) is 2.74. The number of carbonyl (C=O) groups excluding carboxylic acids is 2. The van der Waals surface area contributed by atoms with Crippen molar-refractivity contribution >= 4 is 11.9 Å². The quantitative estimate of drug-likeness (QED) is 0.627. The van der Waals surface area contributed by atoms with Gasteiger partial charge >= 0.3 is 5.97 Å². The number of ether oxygens (including phenoxy) is 1. The van der Waals surface area contributed by atoms with Crippen molar-refractivity contribution in [2.24, 2.45) is 0 Å². The van der Waals surface area contributed by atoms with E-state index in [-0.39, 0.29) is 29.8 Å². The summed E-state index contributed by atoms with van der Waals surface area (Å²) in [7, 11) is 0. The molecule has 5 rings (SSSR count). The fraction of sp³-hybridized carbons (Fsp3) is 0.348. The number of hydrogen-bond acceptors (Lipinski definition) is 7. The lowest BCUT2D eigenvalue weighted by Crippen LogP contribution is -2.38.